The Balaban J connectivity index is 1.78. The number of likely N-dealkylation sites (tertiary alicyclic amines) is 1. The van der Waals surface area contributed by atoms with Crippen molar-refractivity contribution in [1.29, 1.82) is 0 Å². The summed E-state index contributed by atoms with van der Waals surface area (Å²) in [4.78, 5) is 1.59. The minimum atomic E-state index is -4.09. The summed E-state index contributed by atoms with van der Waals surface area (Å²) in [6.45, 7) is 1.74. The molecule has 2 heterocycles. The van der Waals surface area contributed by atoms with Gasteiger partial charge >= 0.3 is 0 Å². The molecular formula is C17H20F2N2O3S. The highest BCUT2D eigenvalue weighted by molar-refractivity contribution is 7.89. The van der Waals surface area contributed by atoms with Crippen molar-refractivity contribution in [1.82, 2.24) is 9.62 Å². The molecule has 1 fully saturated rings. The van der Waals surface area contributed by atoms with Gasteiger partial charge in [-0.2, -0.15) is 0 Å². The number of nitrogens with one attached hydrogen (secondary N) is 1. The minimum absolute atomic E-state index is 0.0483. The van der Waals surface area contributed by atoms with Crippen molar-refractivity contribution in [3.63, 3.8) is 0 Å². The fourth-order valence-corrected chi connectivity index (χ4v) is 4.18. The summed E-state index contributed by atoms with van der Waals surface area (Å²) in [6.07, 6.45) is 4.77. The summed E-state index contributed by atoms with van der Waals surface area (Å²) in [7, 11) is -4.09. The fourth-order valence-electron chi connectivity index (χ4n) is 3.08. The lowest BCUT2D eigenvalue weighted by Crippen LogP contribution is -2.40. The van der Waals surface area contributed by atoms with Gasteiger partial charge in [0.15, 0.2) is 0 Å². The van der Waals surface area contributed by atoms with E-state index in [4.69, 9.17) is 4.42 Å². The second-order valence-electron chi connectivity index (χ2n) is 6.05. The third-order valence-corrected chi connectivity index (χ3v) is 5.81. The van der Waals surface area contributed by atoms with Crippen molar-refractivity contribution in [2.45, 2.75) is 30.2 Å². The summed E-state index contributed by atoms with van der Waals surface area (Å²) >= 11 is 0. The molecule has 1 aliphatic rings. The molecule has 1 saturated heterocycles. The molecule has 0 aliphatic carbocycles. The van der Waals surface area contributed by atoms with Crippen LogP contribution in [0.3, 0.4) is 0 Å². The number of sulfonamides is 1. The molecule has 8 heteroatoms. The van der Waals surface area contributed by atoms with Crippen LogP contribution in [0.15, 0.2) is 45.9 Å². The second kappa shape index (κ2) is 7.63. The van der Waals surface area contributed by atoms with Gasteiger partial charge in [0.25, 0.3) is 0 Å². The first-order chi connectivity index (χ1) is 12.0. The van der Waals surface area contributed by atoms with Crippen molar-refractivity contribution >= 4 is 10.0 Å². The van der Waals surface area contributed by atoms with E-state index in [0.717, 1.165) is 44.5 Å². The molecule has 1 unspecified atom stereocenters. The third kappa shape index (κ3) is 4.26. The van der Waals surface area contributed by atoms with Crippen molar-refractivity contribution in [3.05, 3.63) is 54.0 Å². The number of hydrogen-bond donors (Lipinski definition) is 1. The van der Waals surface area contributed by atoms with E-state index in [9.17, 15) is 17.2 Å². The van der Waals surface area contributed by atoms with Gasteiger partial charge in [0, 0.05) is 12.6 Å². The Morgan fingerprint density at radius 1 is 1.16 bits per heavy atom. The minimum Gasteiger partial charge on any atom is -0.468 e. The van der Waals surface area contributed by atoms with Gasteiger partial charge in [0.1, 0.15) is 22.3 Å². The molecule has 2 aromatic rings. The quantitative estimate of drug-likeness (QED) is 0.849. The van der Waals surface area contributed by atoms with Crippen LogP contribution in [-0.2, 0) is 10.0 Å². The van der Waals surface area contributed by atoms with Gasteiger partial charge in [-0.1, -0.05) is 6.42 Å². The number of hydrogen-bond acceptors (Lipinski definition) is 4. The van der Waals surface area contributed by atoms with Gasteiger partial charge in [0.2, 0.25) is 10.0 Å². The molecule has 1 aliphatic heterocycles. The van der Waals surface area contributed by atoms with Crippen LogP contribution in [0.4, 0.5) is 8.78 Å². The first-order valence-electron chi connectivity index (χ1n) is 8.19. The standard InChI is InChI=1S/C17H20F2N2O3S/c18-13-6-7-17(14(19)11-13)25(22,23)20-12-15(16-5-4-10-24-16)21-8-2-1-3-9-21/h4-7,10-11,15,20H,1-3,8-9,12H2. The molecule has 1 aromatic heterocycles. The Morgan fingerprint density at radius 2 is 1.92 bits per heavy atom. The average Bonchev–Trinajstić information content (AvgIpc) is 3.10. The monoisotopic (exact) mass is 370 g/mol. The summed E-state index contributed by atoms with van der Waals surface area (Å²) in [5, 5.41) is 0. The van der Waals surface area contributed by atoms with E-state index in [2.05, 4.69) is 9.62 Å². The summed E-state index contributed by atoms with van der Waals surface area (Å²) in [5.74, 6) is -1.28. The Hall–Kier alpha value is -1.77. The van der Waals surface area contributed by atoms with Crippen LogP contribution in [0.5, 0.6) is 0 Å². The molecular weight excluding hydrogens is 350 g/mol. The van der Waals surface area contributed by atoms with Crippen LogP contribution >= 0.6 is 0 Å². The Kier molecular flexibility index (Phi) is 5.51. The highest BCUT2D eigenvalue weighted by atomic mass is 32.2. The van der Waals surface area contributed by atoms with E-state index in [1.165, 1.54) is 0 Å². The third-order valence-electron chi connectivity index (χ3n) is 4.35. The zero-order valence-electron chi connectivity index (χ0n) is 13.6. The molecule has 136 valence electrons. The number of benzene rings is 1. The number of halogens is 2. The SMILES string of the molecule is O=S(=O)(NCC(c1ccco1)N1CCCCC1)c1ccc(F)cc1F. The Labute approximate surface area is 145 Å². The number of nitrogens with zero attached hydrogens (tertiary/aromatic N) is 1. The van der Waals surface area contributed by atoms with E-state index >= 15 is 0 Å². The van der Waals surface area contributed by atoms with E-state index < -0.39 is 26.6 Å². The predicted octanol–water partition coefficient (Wildman–Crippen LogP) is 3.06. The van der Waals surface area contributed by atoms with Crippen LogP contribution < -0.4 is 4.72 Å². The number of piperidine rings is 1. The second-order valence-corrected chi connectivity index (χ2v) is 7.79. The highest BCUT2D eigenvalue weighted by Gasteiger charge is 2.27. The molecule has 1 atom stereocenters. The van der Waals surface area contributed by atoms with Crippen molar-refractivity contribution in [2.75, 3.05) is 19.6 Å². The maximum Gasteiger partial charge on any atom is 0.243 e. The van der Waals surface area contributed by atoms with Crippen molar-refractivity contribution < 1.29 is 21.6 Å². The van der Waals surface area contributed by atoms with Crippen molar-refractivity contribution in [2.24, 2.45) is 0 Å². The Bertz CT molecular complexity index is 803. The molecule has 1 aromatic carbocycles. The van der Waals surface area contributed by atoms with Crippen LogP contribution in [0.25, 0.3) is 0 Å². The van der Waals surface area contributed by atoms with Crippen LogP contribution in [-0.4, -0.2) is 33.0 Å². The van der Waals surface area contributed by atoms with Gasteiger partial charge in [-0.25, -0.2) is 21.9 Å². The van der Waals surface area contributed by atoms with E-state index in [1.807, 2.05) is 0 Å². The van der Waals surface area contributed by atoms with E-state index in [-0.39, 0.29) is 12.6 Å². The smallest absolute Gasteiger partial charge is 0.243 e. The van der Waals surface area contributed by atoms with Gasteiger partial charge in [-0.05, 0) is 50.2 Å². The lowest BCUT2D eigenvalue weighted by molar-refractivity contribution is 0.147. The van der Waals surface area contributed by atoms with Crippen LogP contribution in [0.1, 0.15) is 31.1 Å². The lowest BCUT2D eigenvalue weighted by atomic mass is 10.1. The van der Waals surface area contributed by atoms with Crippen LogP contribution in [0.2, 0.25) is 0 Å². The molecule has 0 bridgehead atoms. The maximum atomic E-state index is 13.8. The predicted molar refractivity (Wildman–Crippen MR) is 88.4 cm³/mol. The summed E-state index contributed by atoms with van der Waals surface area (Å²) in [5.41, 5.74) is 0. The first-order valence-corrected chi connectivity index (χ1v) is 9.68. The molecule has 0 spiro atoms. The number of furan rings is 1. The highest BCUT2D eigenvalue weighted by Crippen LogP contribution is 2.25. The fraction of sp³-hybridized carbons (Fsp3) is 0.412. The zero-order chi connectivity index (χ0) is 17.9. The largest absolute Gasteiger partial charge is 0.468 e. The zero-order valence-corrected chi connectivity index (χ0v) is 14.4. The number of rotatable bonds is 6. The Morgan fingerprint density at radius 3 is 2.56 bits per heavy atom. The first kappa shape index (κ1) is 18.0. The maximum absolute atomic E-state index is 13.8. The summed E-state index contributed by atoms with van der Waals surface area (Å²) in [6, 6.07) is 5.69. The van der Waals surface area contributed by atoms with E-state index in [0.29, 0.717) is 11.8 Å². The molecule has 5 nitrogen and oxygen atoms in total. The normalized spacial score (nSPS) is 17.5. The van der Waals surface area contributed by atoms with E-state index in [1.54, 1.807) is 18.4 Å². The molecule has 0 radical (unpaired) electrons. The lowest BCUT2D eigenvalue weighted by Gasteiger charge is -2.33. The topological polar surface area (TPSA) is 62.6 Å². The molecule has 3 rings (SSSR count). The van der Waals surface area contributed by atoms with Gasteiger partial charge in [-0.3, -0.25) is 4.90 Å². The van der Waals surface area contributed by atoms with Gasteiger partial charge in [0.05, 0.1) is 12.3 Å². The molecule has 25 heavy (non-hydrogen) atoms. The summed E-state index contributed by atoms with van der Waals surface area (Å²) < 4.78 is 59.5. The average molecular weight is 370 g/mol. The van der Waals surface area contributed by atoms with Crippen LogP contribution in [0, 0.1) is 11.6 Å². The molecule has 0 saturated carbocycles. The molecule has 1 N–H and O–H groups in total. The van der Waals surface area contributed by atoms with Crippen molar-refractivity contribution in [3.8, 4) is 0 Å². The molecule has 0 amide bonds. The van der Waals surface area contributed by atoms with Gasteiger partial charge in [-0.15, -0.1) is 0 Å². The van der Waals surface area contributed by atoms with Gasteiger partial charge < -0.3 is 4.42 Å².